The van der Waals surface area contributed by atoms with E-state index in [4.69, 9.17) is 13.8 Å². The van der Waals surface area contributed by atoms with Crippen LogP contribution in [0.3, 0.4) is 0 Å². The smallest absolute Gasteiger partial charge is 0.417 e. The molecule has 200 valence electrons. The van der Waals surface area contributed by atoms with Gasteiger partial charge in [-0.25, -0.2) is 9.69 Å². The largest absolute Gasteiger partial charge is 0.756 e. The van der Waals surface area contributed by atoms with E-state index in [0.29, 0.717) is 23.9 Å². The monoisotopic (exact) mass is 506 g/mol. The Hall–Kier alpha value is -0.990. The van der Waals surface area contributed by atoms with Gasteiger partial charge in [0.25, 0.3) is 7.82 Å². The fourth-order valence-corrected chi connectivity index (χ4v) is 4.65. The Morgan fingerprint density at radius 3 is 2.15 bits per heavy atom. The second-order valence-electron chi connectivity index (χ2n) is 10.2. The third-order valence-corrected chi connectivity index (χ3v) is 6.93. The van der Waals surface area contributed by atoms with Crippen LogP contribution >= 0.6 is 7.82 Å². The van der Waals surface area contributed by atoms with E-state index in [1.165, 1.54) is 38.5 Å². The minimum absolute atomic E-state index is 0.00350. The van der Waals surface area contributed by atoms with Crippen LogP contribution in [0.2, 0.25) is 0 Å². The van der Waals surface area contributed by atoms with Gasteiger partial charge in [0.05, 0.1) is 33.8 Å². The number of unbranched alkanes of at least 4 members (excludes halogenated alkanes) is 8. The van der Waals surface area contributed by atoms with Gasteiger partial charge in [-0.2, -0.15) is 0 Å². The van der Waals surface area contributed by atoms with Gasteiger partial charge < -0.3 is 23.2 Å². The second kappa shape index (κ2) is 15.9. The minimum Gasteiger partial charge on any atom is -0.756 e. The lowest BCUT2D eigenvalue weighted by molar-refractivity contribution is -0.870. The molecule has 0 saturated carbocycles. The van der Waals surface area contributed by atoms with E-state index >= 15 is 0 Å². The summed E-state index contributed by atoms with van der Waals surface area (Å²) in [4.78, 5) is 38.5. The molecule has 0 bridgehead atoms. The van der Waals surface area contributed by atoms with Crippen molar-refractivity contribution < 1.29 is 37.3 Å². The Balaban J connectivity index is 2.46. The zero-order valence-electron chi connectivity index (χ0n) is 22.0. The molecule has 34 heavy (non-hydrogen) atoms. The number of ether oxygens (including phenoxy) is 1. The predicted molar refractivity (Wildman–Crippen MR) is 130 cm³/mol. The standard InChI is InChI=1S/C24H47N2O7P/c1-6-8-9-10-11-12-13-14-15-17-23(27)25-21(16-7-2)22(33-24(25)28)20-32-34(29,30)31-19-18-26(3,4)5/h21-22H,6-20H2,1-5H3/t21-,22+/m0/s1. The molecule has 0 aromatic rings. The van der Waals surface area contributed by atoms with Crippen molar-refractivity contribution >= 4 is 19.8 Å². The van der Waals surface area contributed by atoms with Gasteiger partial charge in [-0.15, -0.1) is 0 Å². The third kappa shape index (κ3) is 12.6. The first-order chi connectivity index (χ1) is 16.0. The number of likely N-dealkylation sites (N-methyl/N-ethyl adjacent to an activating group) is 1. The molecule has 1 heterocycles. The molecule has 0 aliphatic carbocycles. The van der Waals surface area contributed by atoms with Gasteiger partial charge >= 0.3 is 6.09 Å². The highest BCUT2D eigenvalue weighted by atomic mass is 31.2. The summed E-state index contributed by atoms with van der Waals surface area (Å²) in [6.45, 7) is 4.28. The maximum Gasteiger partial charge on any atom is 0.417 e. The lowest BCUT2D eigenvalue weighted by Gasteiger charge is -2.28. The Morgan fingerprint density at radius 2 is 1.59 bits per heavy atom. The zero-order chi connectivity index (χ0) is 25.6. The molecule has 1 unspecified atom stereocenters. The lowest BCUT2D eigenvalue weighted by Crippen LogP contribution is -2.42. The van der Waals surface area contributed by atoms with E-state index in [-0.39, 0.29) is 25.5 Å². The van der Waals surface area contributed by atoms with Gasteiger partial charge in [0.1, 0.15) is 19.3 Å². The molecular formula is C24H47N2O7P. The van der Waals surface area contributed by atoms with Crippen LogP contribution < -0.4 is 4.89 Å². The van der Waals surface area contributed by atoms with Gasteiger partial charge in [-0.1, -0.05) is 71.6 Å². The molecule has 1 aliphatic heterocycles. The fourth-order valence-electron chi connectivity index (χ4n) is 3.94. The first-order valence-corrected chi connectivity index (χ1v) is 14.4. The number of carbonyl (C=O) groups is 2. The normalized spacial score (nSPS) is 20.4. The Bertz CT molecular complexity index is 654. The van der Waals surface area contributed by atoms with Crippen LogP contribution in [0.25, 0.3) is 0 Å². The molecule has 1 fully saturated rings. The molecule has 0 radical (unpaired) electrons. The van der Waals surface area contributed by atoms with Gasteiger partial charge in [0, 0.05) is 6.42 Å². The minimum atomic E-state index is -4.53. The van der Waals surface area contributed by atoms with Crippen LogP contribution in [0.5, 0.6) is 0 Å². The van der Waals surface area contributed by atoms with Crippen LogP contribution in [0.1, 0.15) is 90.9 Å². The van der Waals surface area contributed by atoms with Crippen molar-refractivity contribution in [1.82, 2.24) is 4.90 Å². The highest BCUT2D eigenvalue weighted by Crippen LogP contribution is 2.39. The van der Waals surface area contributed by atoms with E-state index in [1.54, 1.807) is 0 Å². The van der Waals surface area contributed by atoms with Crippen molar-refractivity contribution in [2.75, 3.05) is 40.9 Å². The van der Waals surface area contributed by atoms with Gasteiger partial charge in [-0.05, 0) is 12.8 Å². The van der Waals surface area contributed by atoms with E-state index in [2.05, 4.69) is 6.92 Å². The number of phosphoric acid groups is 1. The first kappa shape index (κ1) is 31.0. The maximum atomic E-state index is 12.8. The molecule has 0 aromatic heterocycles. The number of imide groups is 1. The SMILES string of the molecule is CCCCCCCCCCCC(=O)N1C(=O)O[C@H](COP(=O)([O-])OCC[N+](C)(C)C)[C@@H]1CCC. The number of carbonyl (C=O) groups excluding carboxylic acids is 2. The molecule has 1 aliphatic rings. The van der Waals surface area contributed by atoms with Crippen LogP contribution in [0.4, 0.5) is 4.79 Å². The molecule has 0 spiro atoms. The van der Waals surface area contributed by atoms with Crippen molar-refractivity contribution in [2.45, 2.75) is 103 Å². The second-order valence-corrected chi connectivity index (χ2v) is 11.6. The summed E-state index contributed by atoms with van der Waals surface area (Å²) in [5.41, 5.74) is 0. The molecular weight excluding hydrogens is 459 g/mol. The number of quaternary nitrogens is 1. The number of hydrogen-bond donors (Lipinski definition) is 0. The Labute approximate surface area is 206 Å². The van der Waals surface area contributed by atoms with Gasteiger partial charge in [0.15, 0.2) is 0 Å². The zero-order valence-corrected chi connectivity index (χ0v) is 22.9. The quantitative estimate of drug-likeness (QED) is 0.143. The summed E-state index contributed by atoms with van der Waals surface area (Å²) in [7, 11) is 1.24. The molecule has 10 heteroatoms. The highest BCUT2D eigenvalue weighted by Gasteiger charge is 2.44. The van der Waals surface area contributed by atoms with E-state index in [9.17, 15) is 19.0 Å². The summed E-state index contributed by atoms with van der Waals surface area (Å²) in [6.07, 6.45) is 10.2. The molecule has 2 amide bonds. The summed E-state index contributed by atoms with van der Waals surface area (Å²) in [5.74, 6) is -0.265. The van der Waals surface area contributed by atoms with Crippen LogP contribution in [0.15, 0.2) is 0 Å². The predicted octanol–water partition coefficient (Wildman–Crippen LogP) is 4.63. The van der Waals surface area contributed by atoms with E-state index in [0.717, 1.165) is 24.2 Å². The van der Waals surface area contributed by atoms with Crippen molar-refractivity contribution in [3.05, 3.63) is 0 Å². The molecule has 1 saturated heterocycles. The van der Waals surface area contributed by atoms with Crippen molar-refractivity contribution in [3.63, 3.8) is 0 Å². The topological polar surface area (TPSA) is 105 Å². The average Bonchev–Trinajstić information content (AvgIpc) is 3.05. The molecule has 9 nitrogen and oxygen atoms in total. The maximum absolute atomic E-state index is 12.8. The lowest BCUT2D eigenvalue weighted by atomic mass is 10.0. The van der Waals surface area contributed by atoms with E-state index in [1.807, 2.05) is 28.1 Å². The number of amides is 2. The Kier molecular flexibility index (Phi) is 14.5. The van der Waals surface area contributed by atoms with E-state index < -0.39 is 26.1 Å². The van der Waals surface area contributed by atoms with Crippen LogP contribution in [0, 0.1) is 0 Å². The average molecular weight is 507 g/mol. The summed E-state index contributed by atoms with van der Waals surface area (Å²) in [5, 5.41) is 0. The molecule has 0 aromatic carbocycles. The molecule has 0 N–H and O–H groups in total. The van der Waals surface area contributed by atoms with Crippen LogP contribution in [-0.2, 0) is 23.1 Å². The summed E-state index contributed by atoms with van der Waals surface area (Å²) >= 11 is 0. The summed E-state index contributed by atoms with van der Waals surface area (Å²) in [6, 6.07) is -0.533. The van der Waals surface area contributed by atoms with Crippen molar-refractivity contribution in [1.29, 1.82) is 0 Å². The first-order valence-electron chi connectivity index (χ1n) is 12.9. The highest BCUT2D eigenvalue weighted by molar-refractivity contribution is 7.45. The van der Waals surface area contributed by atoms with Crippen molar-refractivity contribution in [2.24, 2.45) is 0 Å². The van der Waals surface area contributed by atoms with Crippen LogP contribution in [-0.4, -0.2) is 74.4 Å². The van der Waals surface area contributed by atoms with Gasteiger partial charge in [0.2, 0.25) is 5.91 Å². The number of rotatable bonds is 19. The number of nitrogens with zero attached hydrogens (tertiary/aromatic N) is 2. The van der Waals surface area contributed by atoms with Gasteiger partial charge in [-0.3, -0.25) is 9.36 Å². The number of cyclic esters (lactones) is 1. The summed E-state index contributed by atoms with van der Waals surface area (Å²) < 4.78 is 27.9. The number of phosphoric ester groups is 1. The Morgan fingerprint density at radius 1 is 1.00 bits per heavy atom. The third-order valence-electron chi connectivity index (χ3n) is 5.97. The molecule has 1 rings (SSSR count). The number of hydrogen-bond acceptors (Lipinski definition) is 7. The van der Waals surface area contributed by atoms with Crippen molar-refractivity contribution in [3.8, 4) is 0 Å². The fraction of sp³-hybridized carbons (Fsp3) is 0.917. The molecule has 3 atom stereocenters.